The van der Waals surface area contributed by atoms with Crippen LogP contribution in [-0.4, -0.2) is 16.6 Å². The lowest BCUT2D eigenvalue weighted by Crippen LogP contribution is -2.28. The number of fused-ring (bicyclic) bond motifs is 1. The number of nitrogens with zero attached hydrogens (tertiary/aromatic N) is 1. The number of ketones is 1. The lowest BCUT2D eigenvalue weighted by Gasteiger charge is -2.25. The van der Waals surface area contributed by atoms with E-state index in [1.165, 1.54) is 36.1 Å². The van der Waals surface area contributed by atoms with Crippen LogP contribution in [0.4, 0.5) is 8.78 Å². The Balaban J connectivity index is 1.98. The summed E-state index contributed by atoms with van der Waals surface area (Å²) in [6.07, 6.45) is 0.0564. The van der Waals surface area contributed by atoms with Gasteiger partial charge in [0.2, 0.25) is 0 Å². The Labute approximate surface area is 132 Å². The van der Waals surface area contributed by atoms with Crippen LogP contribution >= 0.6 is 0 Å². The number of benzene rings is 2. The molecule has 2 aromatic rings. The topological polar surface area (TPSA) is 37.4 Å². The highest BCUT2D eigenvalue weighted by atomic mass is 19.1. The predicted molar refractivity (Wildman–Crippen MR) is 80.7 cm³/mol. The molecule has 3 nitrogen and oxygen atoms in total. The highest BCUT2D eigenvalue weighted by Gasteiger charge is 2.39. The summed E-state index contributed by atoms with van der Waals surface area (Å²) in [5.74, 6) is -1.28. The van der Waals surface area contributed by atoms with Crippen molar-refractivity contribution in [2.75, 3.05) is 0 Å². The zero-order valence-electron chi connectivity index (χ0n) is 12.6. The van der Waals surface area contributed by atoms with E-state index in [1.807, 2.05) is 0 Å². The molecule has 0 bridgehead atoms. The second kappa shape index (κ2) is 5.91. The Morgan fingerprint density at radius 2 is 1.83 bits per heavy atom. The van der Waals surface area contributed by atoms with Gasteiger partial charge in [0.1, 0.15) is 17.4 Å². The van der Waals surface area contributed by atoms with Crippen molar-refractivity contribution in [3.05, 3.63) is 70.8 Å². The summed E-state index contributed by atoms with van der Waals surface area (Å²) in [4.78, 5) is 25.6. The molecular weight excluding hydrogens is 300 g/mol. The van der Waals surface area contributed by atoms with Gasteiger partial charge in [-0.05, 0) is 36.8 Å². The van der Waals surface area contributed by atoms with Crippen molar-refractivity contribution in [2.24, 2.45) is 0 Å². The van der Waals surface area contributed by atoms with Gasteiger partial charge in [-0.25, -0.2) is 8.78 Å². The minimum absolute atomic E-state index is 0.0564. The summed E-state index contributed by atoms with van der Waals surface area (Å²) >= 11 is 0. The Morgan fingerprint density at radius 3 is 2.48 bits per heavy atom. The summed E-state index contributed by atoms with van der Waals surface area (Å²) < 4.78 is 27.2. The van der Waals surface area contributed by atoms with Gasteiger partial charge in [-0.1, -0.05) is 18.2 Å². The molecule has 0 spiro atoms. The van der Waals surface area contributed by atoms with Gasteiger partial charge in [-0.3, -0.25) is 9.59 Å². The first-order valence-corrected chi connectivity index (χ1v) is 7.30. The van der Waals surface area contributed by atoms with Gasteiger partial charge in [-0.15, -0.1) is 0 Å². The third kappa shape index (κ3) is 2.86. The second-order valence-corrected chi connectivity index (χ2v) is 5.68. The maximum Gasteiger partial charge on any atom is 0.255 e. The van der Waals surface area contributed by atoms with Crippen LogP contribution in [0.25, 0.3) is 0 Å². The first kappa shape index (κ1) is 15.3. The van der Waals surface area contributed by atoms with E-state index >= 15 is 0 Å². The van der Waals surface area contributed by atoms with Crippen molar-refractivity contribution in [1.82, 2.24) is 4.90 Å². The van der Waals surface area contributed by atoms with E-state index in [0.717, 1.165) is 5.56 Å². The Morgan fingerprint density at radius 1 is 1.13 bits per heavy atom. The van der Waals surface area contributed by atoms with E-state index in [4.69, 9.17) is 0 Å². The van der Waals surface area contributed by atoms with Crippen LogP contribution in [0.1, 0.15) is 40.9 Å². The van der Waals surface area contributed by atoms with Gasteiger partial charge in [-0.2, -0.15) is 0 Å². The van der Waals surface area contributed by atoms with E-state index in [2.05, 4.69) is 0 Å². The number of carbonyl (C=O) groups is 2. The minimum atomic E-state index is -0.624. The molecule has 1 unspecified atom stereocenters. The minimum Gasteiger partial charge on any atom is -0.327 e. The lowest BCUT2D eigenvalue weighted by molar-refractivity contribution is -0.118. The number of rotatable bonds is 4. The number of carbonyl (C=O) groups excluding carboxylic acids is 2. The van der Waals surface area contributed by atoms with Gasteiger partial charge >= 0.3 is 0 Å². The molecule has 1 heterocycles. The van der Waals surface area contributed by atoms with Gasteiger partial charge in [0.05, 0.1) is 6.04 Å². The highest BCUT2D eigenvalue weighted by molar-refractivity contribution is 5.99. The Bertz CT molecular complexity index is 771. The molecule has 0 N–H and O–H groups in total. The van der Waals surface area contributed by atoms with Crippen LogP contribution in [0.2, 0.25) is 0 Å². The molecule has 2 aromatic carbocycles. The number of Topliss-reactive ketones (excluding diaryl/α,β-unsaturated/α-hetero) is 1. The predicted octanol–water partition coefficient (Wildman–Crippen LogP) is 3.64. The summed E-state index contributed by atoms with van der Waals surface area (Å²) in [6, 6.07) is 9.49. The number of hydrogen-bond donors (Lipinski definition) is 0. The molecule has 118 valence electrons. The quantitative estimate of drug-likeness (QED) is 0.864. The van der Waals surface area contributed by atoms with Crippen LogP contribution in [-0.2, 0) is 11.3 Å². The molecule has 0 radical (unpaired) electrons. The van der Waals surface area contributed by atoms with Crippen LogP contribution < -0.4 is 0 Å². The first-order chi connectivity index (χ1) is 11.0. The summed E-state index contributed by atoms with van der Waals surface area (Å²) in [5, 5.41) is 0. The SMILES string of the molecule is CC(=O)CC1c2c(F)cccc2C(=O)N1Cc1ccc(F)cc1. The standard InChI is InChI=1S/C18H15F2NO2/c1-11(22)9-16-17-14(3-2-4-15(17)20)18(23)21(16)10-12-5-7-13(19)8-6-12/h2-8,16H,9-10H2,1H3. The third-order valence-corrected chi connectivity index (χ3v) is 4.00. The molecule has 3 rings (SSSR count). The molecule has 0 fully saturated rings. The monoisotopic (exact) mass is 315 g/mol. The van der Waals surface area contributed by atoms with Gasteiger partial charge in [0, 0.05) is 24.1 Å². The maximum atomic E-state index is 14.2. The normalized spacial score (nSPS) is 16.6. The van der Waals surface area contributed by atoms with Crippen molar-refractivity contribution in [3.8, 4) is 0 Å². The van der Waals surface area contributed by atoms with E-state index in [0.29, 0.717) is 5.56 Å². The zero-order valence-corrected chi connectivity index (χ0v) is 12.6. The number of amides is 1. The fraction of sp³-hybridized carbons (Fsp3) is 0.222. The van der Waals surface area contributed by atoms with Crippen molar-refractivity contribution in [1.29, 1.82) is 0 Å². The molecule has 1 aliphatic rings. The van der Waals surface area contributed by atoms with Crippen LogP contribution in [0.3, 0.4) is 0 Å². The van der Waals surface area contributed by atoms with E-state index in [-0.39, 0.29) is 36.0 Å². The van der Waals surface area contributed by atoms with Gasteiger partial charge < -0.3 is 4.90 Å². The largest absolute Gasteiger partial charge is 0.327 e. The molecule has 1 atom stereocenters. The average Bonchev–Trinajstić information content (AvgIpc) is 2.76. The van der Waals surface area contributed by atoms with Crippen molar-refractivity contribution >= 4 is 11.7 Å². The molecular formula is C18H15F2NO2. The smallest absolute Gasteiger partial charge is 0.255 e. The molecule has 23 heavy (non-hydrogen) atoms. The summed E-state index contributed by atoms with van der Waals surface area (Å²) in [5.41, 5.74) is 1.29. The molecule has 0 saturated heterocycles. The third-order valence-electron chi connectivity index (χ3n) is 4.00. The van der Waals surface area contributed by atoms with E-state index in [1.54, 1.807) is 18.2 Å². The van der Waals surface area contributed by atoms with Crippen LogP contribution in [0, 0.1) is 11.6 Å². The van der Waals surface area contributed by atoms with Crippen LogP contribution in [0.15, 0.2) is 42.5 Å². The number of halogens is 2. The molecule has 5 heteroatoms. The second-order valence-electron chi connectivity index (χ2n) is 5.68. The summed E-state index contributed by atoms with van der Waals surface area (Å²) in [6.45, 7) is 1.62. The van der Waals surface area contributed by atoms with Crippen molar-refractivity contribution in [3.63, 3.8) is 0 Å². The molecule has 1 aliphatic heterocycles. The van der Waals surface area contributed by atoms with Crippen molar-refractivity contribution in [2.45, 2.75) is 25.9 Å². The van der Waals surface area contributed by atoms with Crippen molar-refractivity contribution < 1.29 is 18.4 Å². The van der Waals surface area contributed by atoms with Gasteiger partial charge in [0.25, 0.3) is 5.91 Å². The molecule has 0 aliphatic carbocycles. The van der Waals surface area contributed by atoms with E-state index in [9.17, 15) is 18.4 Å². The molecule has 0 aromatic heterocycles. The summed E-state index contributed by atoms with van der Waals surface area (Å²) in [7, 11) is 0. The first-order valence-electron chi connectivity index (χ1n) is 7.30. The molecule has 0 saturated carbocycles. The van der Waals surface area contributed by atoms with Gasteiger partial charge in [0.15, 0.2) is 0 Å². The highest BCUT2D eigenvalue weighted by Crippen LogP contribution is 2.38. The molecule has 1 amide bonds. The lowest BCUT2D eigenvalue weighted by atomic mass is 10.00. The fourth-order valence-corrected chi connectivity index (χ4v) is 2.97. The fourth-order valence-electron chi connectivity index (χ4n) is 2.97. The number of hydrogen-bond acceptors (Lipinski definition) is 2. The maximum absolute atomic E-state index is 14.2. The zero-order chi connectivity index (χ0) is 16.6. The van der Waals surface area contributed by atoms with Crippen LogP contribution in [0.5, 0.6) is 0 Å². The Hall–Kier alpha value is -2.56. The van der Waals surface area contributed by atoms with E-state index < -0.39 is 11.9 Å². The Kier molecular flexibility index (Phi) is 3.94. The average molecular weight is 315 g/mol.